The molecule has 3 unspecified atom stereocenters. The number of thiazole rings is 1. The summed E-state index contributed by atoms with van der Waals surface area (Å²) in [4.78, 5) is 55.5. The number of benzene rings is 3. The molecule has 0 spiro atoms. The topological polar surface area (TPSA) is 88.5 Å². The molecule has 0 radical (unpaired) electrons. The zero-order chi connectivity index (χ0) is 28.1. The van der Waals surface area contributed by atoms with E-state index >= 15 is 0 Å². The molecule has 1 saturated heterocycles. The second-order valence-electron chi connectivity index (χ2n) is 9.57. The molecule has 3 heterocycles. The molecule has 2 aliphatic heterocycles. The van der Waals surface area contributed by atoms with Crippen molar-refractivity contribution in [3.63, 3.8) is 0 Å². The molecule has 6 rings (SSSR count). The molecule has 1 aromatic heterocycles. The fourth-order valence-electron chi connectivity index (χ4n) is 5.18. The number of aryl methyl sites for hydroxylation is 1. The van der Waals surface area contributed by atoms with Crippen LogP contribution >= 0.6 is 46.3 Å². The molecule has 4 aromatic rings. The van der Waals surface area contributed by atoms with Gasteiger partial charge in [0.05, 0.1) is 16.6 Å². The van der Waals surface area contributed by atoms with Crippen LogP contribution in [0.2, 0.25) is 10.0 Å². The number of anilines is 2. The first-order chi connectivity index (χ1) is 19.2. The Bertz CT molecular complexity index is 1720. The molecule has 11 heteroatoms. The molecule has 40 heavy (non-hydrogen) atoms. The highest BCUT2D eigenvalue weighted by Crippen LogP contribution is 2.54. The van der Waals surface area contributed by atoms with Crippen molar-refractivity contribution in [1.82, 2.24) is 4.57 Å². The van der Waals surface area contributed by atoms with E-state index in [0.29, 0.717) is 31.3 Å². The molecule has 0 saturated carbocycles. The Labute approximate surface area is 247 Å². The largest absolute Gasteiger partial charge is 0.324 e. The Balaban J connectivity index is 1.41. The van der Waals surface area contributed by atoms with Crippen LogP contribution in [0.15, 0.2) is 82.6 Å². The number of hydrogen-bond acceptors (Lipinski definition) is 6. The SMILES string of the molecule is Cc1ccccc1NC(=O)Cn1c2c(sc1=O)C(c1ccc(Cl)cc1)C1C(=O)N(c3ccc(Cl)cc3)C(=O)C1S2. The highest BCUT2D eigenvalue weighted by molar-refractivity contribution is 8.00. The number of halogens is 2. The number of aromatic nitrogens is 1. The molecule has 0 bridgehead atoms. The summed E-state index contributed by atoms with van der Waals surface area (Å²) >= 11 is 14.4. The molecule has 202 valence electrons. The molecule has 2 aliphatic rings. The van der Waals surface area contributed by atoms with Crippen molar-refractivity contribution in [2.75, 3.05) is 10.2 Å². The second-order valence-corrected chi connectivity index (χ2v) is 12.6. The summed E-state index contributed by atoms with van der Waals surface area (Å²) in [7, 11) is 0. The number of carbonyl (C=O) groups is 3. The van der Waals surface area contributed by atoms with Crippen molar-refractivity contribution in [1.29, 1.82) is 0 Å². The lowest BCUT2D eigenvalue weighted by Gasteiger charge is -2.30. The number of nitrogens with one attached hydrogen (secondary N) is 1. The number of amides is 3. The van der Waals surface area contributed by atoms with E-state index in [0.717, 1.165) is 22.5 Å². The third-order valence-electron chi connectivity index (χ3n) is 7.08. The maximum absolute atomic E-state index is 13.9. The number of imide groups is 1. The van der Waals surface area contributed by atoms with Crippen molar-refractivity contribution < 1.29 is 14.4 Å². The number of para-hydroxylation sites is 1. The summed E-state index contributed by atoms with van der Waals surface area (Å²) in [6.45, 7) is 1.66. The van der Waals surface area contributed by atoms with Gasteiger partial charge in [0.25, 0.3) is 0 Å². The maximum atomic E-state index is 13.9. The van der Waals surface area contributed by atoms with E-state index in [1.54, 1.807) is 42.5 Å². The van der Waals surface area contributed by atoms with Gasteiger partial charge in [0.1, 0.15) is 11.8 Å². The minimum absolute atomic E-state index is 0.222. The Morgan fingerprint density at radius 3 is 2.23 bits per heavy atom. The van der Waals surface area contributed by atoms with Crippen LogP contribution in [0.1, 0.15) is 21.9 Å². The lowest BCUT2D eigenvalue weighted by Crippen LogP contribution is -2.33. The van der Waals surface area contributed by atoms with E-state index < -0.39 is 17.1 Å². The molecule has 7 nitrogen and oxygen atoms in total. The summed E-state index contributed by atoms with van der Waals surface area (Å²) in [5.74, 6) is -2.39. The first-order valence-electron chi connectivity index (χ1n) is 12.4. The van der Waals surface area contributed by atoms with Gasteiger partial charge in [-0.2, -0.15) is 0 Å². The second kappa shape index (κ2) is 10.6. The number of fused-ring (bicyclic) bond motifs is 2. The van der Waals surface area contributed by atoms with E-state index in [4.69, 9.17) is 23.2 Å². The zero-order valence-corrected chi connectivity index (χ0v) is 24.1. The summed E-state index contributed by atoms with van der Waals surface area (Å²) in [6, 6.07) is 21.0. The predicted molar refractivity (Wildman–Crippen MR) is 159 cm³/mol. The number of nitrogens with zero attached hydrogens (tertiary/aromatic N) is 2. The molecular weight excluding hydrogens is 589 g/mol. The first-order valence-corrected chi connectivity index (χ1v) is 14.8. The monoisotopic (exact) mass is 609 g/mol. The smallest absolute Gasteiger partial charge is 0.308 e. The highest BCUT2D eigenvalue weighted by Gasteiger charge is 2.56. The minimum atomic E-state index is -0.781. The van der Waals surface area contributed by atoms with Crippen LogP contribution in [0, 0.1) is 12.8 Å². The van der Waals surface area contributed by atoms with Gasteiger partial charge in [0.15, 0.2) is 0 Å². The van der Waals surface area contributed by atoms with Crippen molar-refractivity contribution in [3.05, 3.63) is 109 Å². The Morgan fingerprint density at radius 1 is 0.900 bits per heavy atom. The van der Waals surface area contributed by atoms with Gasteiger partial charge in [-0.05, 0) is 60.5 Å². The summed E-state index contributed by atoms with van der Waals surface area (Å²) < 4.78 is 1.40. The average Bonchev–Trinajstić information content (AvgIpc) is 3.37. The van der Waals surface area contributed by atoms with Crippen molar-refractivity contribution in [2.45, 2.75) is 29.7 Å². The van der Waals surface area contributed by atoms with Gasteiger partial charge >= 0.3 is 4.87 Å². The maximum Gasteiger partial charge on any atom is 0.308 e. The molecule has 3 amide bonds. The van der Waals surface area contributed by atoms with Crippen LogP contribution in [0.5, 0.6) is 0 Å². The Kier molecular flexibility index (Phi) is 7.08. The normalized spacial score (nSPS) is 19.9. The molecule has 1 fully saturated rings. The van der Waals surface area contributed by atoms with E-state index in [2.05, 4.69) is 5.32 Å². The van der Waals surface area contributed by atoms with Crippen molar-refractivity contribution >= 4 is 75.4 Å². The van der Waals surface area contributed by atoms with E-state index in [9.17, 15) is 19.2 Å². The van der Waals surface area contributed by atoms with Gasteiger partial charge in [0, 0.05) is 26.5 Å². The standard InChI is InChI=1S/C29H21Cl2N3O4S2/c1-15-4-2-3-5-20(15)32-21(35)14-33-28-25(40-29(33)38)22(16-6-8-17(30)9-7-16)23-24(39-28)27(37)34(26(23)36)19-12-10-18(31)11-13-19/h2-13,22-24H,14H2,1H3,(H,32,35). The Hall–Kier alpha value is -3.37. The molecule has 3 atom stereocenters. The number of rotatable bonds is 5. The van der Waals surface area contributed by atoms with Crippen molar-refractivity contribution in [2.24, 2.45) is 5.92 Å². The zero-order valence-electron chi connectivity index (χ0n) is 21.0. The van der Waals surface area contributed by atoms with E-state index in [1.165, 1.54) is 21.2 Å². The third kappa shape index (κ3) is 4.66. The van der Waals surface area contributed by atoms with E-state index in [1.807, 2.05) is 37.3 Å². The van der Waals surface area contributed by atoms with Gasteiger partial charge in [-0.25, -0.2) is 4.90 Å². The fourth-order valence-corrected chi connectivity index (χ4v) is 8.20. The third-order valence-corrected chi connectivity index (χ3v) is 10.2. The molecule has 1 N–H and O–H groups in total. The number of carbonyl (C=O) groups excluding carboxylic acids is 3. The fraction of sp³-hybridized carbons (Fsp3) is 0.172. The van der Waals surface area contributed by atoms with Gasteiger partial charge in [-0.1, -0.05) is 76.6 Å². The molecule has 0 aliphatic carbocycles. The Morgan fingerprint density at radius 2 is 1.55 bits per heavy atom. The van der Waals surface area contributed by atoms with Crippen LogP contribution in [-0.4, -0.2) is 27.5 Å². The summed E-state index contributed by atoms with van der Waals surface area (Å²) in [6.07, 6.45) is 0. The predicted octanol–water partition coefficient (Wildman–Crippen LogP) is 5.96. The van der Waals surface area contributed by atoms with Gasteiger partial charge in [0.2, 0.25) is 17.7 Å². The van der Waals surface area contributed by atoms with Crippen LogP contribution in [0.3, 0.4) is 0 Å². The van der Waals surface area contributed by atoms with Crippen molar-refractivity contribution in [3.8, 4) is 0 Å². The van der Waals surface area contributed by atoms with Crippen LogP contribution in [0.25, 0.3) is 0 Å². The lowest BCUT2D eigenvalue weighted by atomic mass is 9.83. The van der Waals surface area contributed by atoms with Crippen LogP contribution < -0.4 is 15.1 Å². The van der Waals surface area contributed by atoms with Gasteiger partial charge in [-0.3, -0.25) is 23.7 Å². The van der Waals surface area contributed by atoms with Crippen LogP contribution in [0.4, 0.5) is 11.4 Å². The molecular formula is C29H21Cl2N3O4S2. The number of thioether (sulfide) groups is 1. The molecule has 3 aromatic carbocycles. The minimum Gasteiger partial charge on any atom is -0.324 e. The highest BCUT2D eigenvalue weighted by atomic mass is 35.5. The average molecular weight is 611 g/mol. The van der Waals surface area contributed by atoms with Gasteiger partial charge in [-0.15, -0.1) is 0 Å². The first kappa shape index (κ1) is 26.8. The quantitative estimate of drug-likeness (QED) is 0.282. The van der Waals surface area contributed by atoms with Gasteiger partial charge < -0.3 is 5.32 Å². The summed E-state index contributed by atoms with van der Waals surface area (Å²) in [5, 5.41) is 3.63. The van der Waals surface area contributed by atoms with E-state index in [-0.39, 0.29) is 29.1 Å². The number of hydrogen-bond donors (Lipinski definition) is 1. The lowest BCUT2D eigenvalue weighted by molar-refractivity contribution is -0.122. The summed E-state index contributed by atoms with van der Waals surface area (Å²) in [5.41, 5.74) is 2.75. The van der Waals surface area contributed by atoms with Crippen LogP contribution in [-0.2, 0) is 20.9 Å².